The number of nitrogens with zero attached hydrogens (tertiary/aromatic N) is 2. The summed E-state index contributed by atoms with van der Waals surface area (Å²) in [5.74, 6) is -0.980. The lowest BCUT2D eigenvalue weighted by atomic mass is 9.84. The molecule has 1 aromatic heterocycles. The number of benzene rings is 3. The Morgan fingerprint density at radius 1 is 0.875 bits per heavy atom. The van der Waals surface area contributed by atoms with Gasteiger partial charge in [-0.2, -0.15) is 5.26 Å². The molecule has 0 aliphatic heterocycles. The number of nitriles is 1. The highest BCUT2D eigenvalue weighted by atomic mass is 16.4. The first-order valence-electron chi connectivity index (χ1n) is 10.5. The number of rotatable bonds is 7. The first-order chi connectivity index (χ1) is 15.7. The van der Waals surface area contributed by atoms with Crippen molar-refractivity contribution in [1.82, 2.24) is 4.98 Å². The first kappa shape index (κ1) is 21.0. The maximum absolute atomic E-state index is 12.0. The Morgan fingerprint density at radius 3 is 1.91 bits per heavy atom. The fourth-order valence-corrected chi connectivity index (χ4v) is 4.17. The van der Waals surface area contributed by atoms with E-state index in [0.717, 1.165) is 17.5 Å². The Morgan fingerprint density at radius 2 is 1.41 bits per heavy atom. The maximum atomic E-state index is 12.0. The summed E-state index contributed by atoms with van der Waals surface area (Å²) in [6.45, 7) is 0. The number of hydrogen-bond acceptors (Lipinski definition) is 3. The smallest absolute Gasteiger partial charge is 0.355 e. The third-order valence-electron chi connectivity index (χ3n) is 5.66. The standard InChI is InChI=1S/C28H22N2O2/c29-18-23-19-30-27(28(31)32)26(22-14-8-3-9-15-22)25(23)17-16-24(20-10-4-1-5-11-20)21-12-6-2-7-13-21/h1-15,19,24H,16-17H2,(H,31,32). The Kier molecular flexibility index (Phi) is 6.38. The van der Waals surface area contributed by atoms with E-state index in [2.05, 4.69) is 35.3 Å². The molecule has 0 fully saturated rings. The van der Waals surface area contributed by atoms with Crippen molar-refractivity contribution in [2.24, 2.45) is 0 Å². The van der Waals surface area contributed by atoms with E-state index in [1.807, 2.05) is 66.7 Å². The number of carboxylic acid groups (broad SMARTS) is 1. The van der Waals surface area contributed by atoms with Crippen LogP contribution < -0.4 is 0 Å². The van der Waals surface area contributed by atoms with Crippen molar-refractivity contribution >= 4 is 5.97 Å². The highest BCUT2D eigenvalue weighted by Crippen LogP contribution is 2.34. The van der Waals surface area contributed by atoms with Gasteiger partial charge in [0.2, 0.25) is 0 Å². The van der Waals surface area contributed by atoms with E-state index in [1.54, 1.807) is 0 Å². The lowest BCUT2D eigenvalue weighted by molar-refractivity contribution is 0.0691. The molecule has 0 bridgehead atoms. The van der Waals surface area contributed by atoms with Crippen molar-refractivity contribution in [3.63, 3.8) is 0 Å². The number of carboxylic acids is 1. The van der Waals surface area contributed by atoms with E-state index in [1.165, 1.54) is 17.3 Å². The van der Waals surface area contributed by atoms with E-state index >= 15 is 0 Å². The van der Waals surface area contributed by atoms with Crippen LogP contribution in [0.2, 0.25) is 0 Å². The van der Waals surface area contributed by atoms with Crippen LogP contribution in [0.4, 0.5) is 0 Å². The van der Waals surface area contributed by atoms with Crippen molar-refractivity contribution in [3.8, 4) is 17.2 Å². The predicted octanol–water partition coefficient (Wildman–Crippen LogP) is 6.08. The molecule has 0 amide bonds. The van der Waals surface area contributed by atoms with Crippen molar-refractivity contribution < 1.29 is 9.90 Å². The molecule has 0 saturated heterocycles. The number of pyridine rings is 1. The highest BCUT2D eigenvalue weighted by Gasteiger charge is 2.22. The van der Waals surface area contributed by atoms with Gasteiger partial charge in [-0.15, -0.1) is 0 Å². The predicted molar refractivity (Wildman–Crippen MR) is 124 cm³/mol. The van der Waals surface area contributed by atoms with Crippen LogP contribution in [0.25, 0.3) is 11.1 Å². The topological polar surface area (TPSA) is 74.0 Å². The van der Waals surface area contributed by atoms with Gasteiger partial charge >= 0.3 is 5.97 Å². The number of hydrogen-bond donors (Lipinski definition) is 1. The summed E-state index contributed by atoms with van der Waals surface area (Å²) in [5.41, 5.74) is 4.76. The average molecular weight is 418 g/mol. The van der Waals surface area contributed by atoms with Gasteiger partial charge in [0, 0.05) is 17.7 Å². The molecule has 4 aromatic rings. The molecule has 4 heteroatoms. The number of aromatic nitrogens is 1. The third kappa shape index (κ3) is 4.43. The monoisotopic (exact) mass is 418 g/mol. The highest BCUT2D eigenvalue weighted by molar-refractivity contribution is 5.95. The summed E-state index contributed by atoms with van der Waals surface area (Å²) in [6.07, 6.45) is 2.65. The molecule has 0 unspecified atom stereocenters. The molecule has 0 spiro atoms. The Bertz CT molecular complexity index is 1210. The van der Waals surface area contributed by atoms with Crippen LogP contribution in [0.1, 0.15) is 45.1 Å². The average Bonchev–Trinajstić information content (AvgIpc) is 2.85. The zero-order valence-corrected chi connectivity index (χ0v) is 17.5. The molecule has 4 rings (SSSR count). The van der Waals surface area contributed by atoms with E-state index < -0.39 is 5.97 Å². The molecule has 1 heterocycles. The fourth-order valence-electron chi connectivity index (χ4n) is 4.17. The van der Waals surface area contributed by atoms with Gasteiger partial charge in [0.05, 0.1) is 5.56 Å². The lowest BCUT2D eigenvalue weighted by Gasteiger charge is -2.20. The van der Waals surface area contributed by atoms with Gasteiger partial charge in [-0.25, -0.2) is 9.78 Å². The zero-order valence-electron chi connectivity index (χ0n) is 17.5. The van der Waals surface area contributed by atoms with E-state index in [0.29, 0.717) is 17.5 Å². The van der Waals surface area contributed by atoms with Crippen LogP contribution in [0, 0.1) is 11.3 Å². The zero-order chi connectivity index (χ0) is 22.3. The molecule has 0 saturated carbocycles. The molecule has 3 aromatic carbocycles. The second-order valence-electron chi connectivity index (χ2n) is 7.57. The normalized spacial score (nSPS) is 10.6. The lowest BCUT2D eigenvalue weighted by Crippen LogP contribution is -2.10. The summed E-state index contributed by atoms with van der Waals surface area (Å²) >= 11 is 0. The molecule has 0 aliphatic carbocycles. The van der Waals surface area contributed by atoms with Gasteiger partial charge in [-0.3, -0.25) is 0 Å². The van der Waals surface area contributed by atoms with E-state index in [4.69, 9.17) is 0 Å². The number of carbonyl (C=O) groups is 1. The van der Waals surface area contributed by atoms with Gasteiger partial charge in [0.1, 0.15) is 6.07 Å². The molecular formula is C28H22N2O2. The third-order valence-corrected chi connectivity index (χ3v) is 5.66. The molecule has 0 aliphatic rings. The van der Waals surface area contributed by atoms with Crippen molar-refractivity contribution in [2.75, 3.05) is 0 Å². The van der Waals surface area contributed by atoms with Crippen LogP contribution in [0.5, 0.6) is 0 Å². The van der Waals surface area contributed by atoms with Crippen LogP contribution in [0.15, 0.2) is 97.2 Å². The Hall–Kier alpha value is -4.23. The second kappa shape index (κ2) is 9.72. The van der Waals surface area contributed by atoms with Crippen molar-refractivity contribution in [2.45, 2.75) is 18.8 Å². The molecule has 0 radical (unpaired) electrons. The summed E-state index contributed by atoms with van der Waals surface area (Å²) < 4.78 is 0. The summed E-state index contributed by atoms with van der Waals surface area (Å²) in [6, 6.07) is 32.1. The van der Waals surface area contributed by atoms with Crippen LogP contribution >= 0.6 is 0 Å². The van der Waals surface area contributed by atoms with Gasteiger partial charge < -0.3 is 5.11 Å². The molecule has 0 atom stereocenters. The SMILES string of the molecule is N#Cc1cnc(C(=O)O)c(-c2ccccc2)c1CCC(c1ccccc1)c1ccccc1. The van der Waals surface area contributed by atoms with Crippen molar-refractivity contribution in [3.05, 3.63) is 125 Å². The second-order valence-corrected chi connectivity index (χ2v) is 7.57. The first-order valence-corrected chi connectivity index (χ1v) is 10.5. The minimum absolute atomic E-state index is 0.0267. The molecule has 4 nitrogen and oxygen atoms in total. The van der Waals surface area contributed by atoms with Gasteiger partial charge in [0.25, 0.3) is 0 Å². The quantitative estimate of drug-likeness (QED) is 0.394. The Labute approximate surface area is 187 Å². The van der Waals surface area contributed by atoms with Crippen LogP contribution in [-0.4, -0.2) is 16.1 Å². The van der Waals surface area contributed by atoms with Crippen molar-refractivity contribution in [1.29, 1.82) is 5.26 Å². The van der Waals surface area contributed by atoms with Crippen LogP contribution in [-0.2, 0) is 6.42 Å². The number of aromatic carboxylic acids is 1. The largest absolute Gasteiger partial charge is 0.476 e. The fraction of sp³-hybridized carbons (Fsp3) is 0.107. The van der Waals surface area contributed by atoms with Gasteiger partial charge in [-0.1, -0.05) is 91.0 Å². The minimum Gasteiger partial charge on any atom is -0.476 e. The van der Waals surface area contributed by atoms with Gasteiger partial charge in [-0.05, 0) is 35.1 Å². The van der Waals surface area contributed by atoms with Crippen LogP contribution in [0.3, 0.4) is 0 Å². The van der Waals surface area contributed by atoms with E-state index in [-0.39, 0.29) is 11.6 Å². The molecule has 32 heavy (non-hydrogen) atoms. The molecule has 1 N–H and O–H groups in total. The van der Waals surface area contributed by atoms with E-state index in [9.17, 15) is 15.2 Å². The Balaban J connectivity index is 1.80. The minimum atomic E-state index is -1.10. The molecular weight excluding hydrogens is 396 g/mol. The summed E-state index contributed by atoms with van der Waals surface area (Å²) in [4.78, 5) is 16.1. The summed E-state index contributed by atoms with van der Waals surface area (Å²) in [5, 5.41) is 19.6. The molecule has 156 valence electrons. The maximum Gasteiger partial charge on any atom is 0.355 e. The summed E-state index contributed by atoms with van der Waals surface area (Å²) in [7, 11) is 0. The van der Waals surface area contributed by atoms with Gasteiger partial charge in [0.15, 0.2) is 5.69 Å².